The van der Waals surface area contributed by atoms with E-state index in [1.54, 1.807) is 21.0 Å². The molecule has 1 atom stereocenters. The normalized spacial score (nSPS) is 25.8. The Morgan fingerprint density at radius 3 is 2.52 bits per heavy atom. The molecule has 1 unspecified atom stereocenters. The van der Waals surface area contributed by atoms with E-state index in [1.165, 1.54) is 5.56 Å². The molecule has 0 saturated carbocycles. The van der Waals surface area contributed by atoms with Crippen LogP contribution in [0.2, 0.25) is 0 Å². The third-order valence-corrected chi connectivity index (χ3v) is 6.19. The number of pyridine rings is 1. The van der Waals surface area contributed by atoms with E-state index < -0.39 is 10.2 Å². The number of nitrogens with zero attached hydrogens (tertiary/aromatic N) is 3. The Balaban J connectivity index is 1.73. The maximum absolute atomic E-state index is 12.7. The van der Waals surface area contributed by atoms with E-state index >= 15 is 0 Å². The van der Waals surface area contributed by atoms with Gasteiger partial charge in [0.2, 0.25) is 0 Å². The Bertz CT molecular complexity index is 558. The second kappa shape index (κ2) is 6.39. The van der Waals surface area contributed by atoms with Gasteiger partial charge in [0.1, 0.15) is 0 Å². The quantitative estimate of drug-likeness (QED) is 0.830. The molecule has 1 aromatic heterocycles. The van der Waals surface area contributed by atoms with Gasteiger partial charge < -0.3 is 4.74 Å². The highest BCUT2D eigenvalue weighted by molar-refractivity contribution is 7.86. The summed E-state index contributed by atoms with van der Waals surface area (Å²) in [7, 11) is -3.35. The van der Waals surface area contributed by atoms with E-state index in [9.17, 15) is 8.42 Å². The van der Waals surface area contributed by atoms with Gasteiger partial charge in [0.05, 0.1) is 13.2 Å². The first-order valence-corrected chi connectivity index (χ1v) is 8.80. The summed E-state index contributed by atoms with van der Waals surface area (Å²) in [5, 5.41) is 0. The highest BCUT2D eigenvalue weighted by Gasteiger charge is 2.34. The van der Waals surface area contributed by atoms with Gasteiger partial charge in [-0.25, -0.2) is 0 Å². The summed E-state index contributed by atoms with van der Waals surface area (Å²) < 4.78 is 33.8. The van der Waals surface area contributed by atoms with E-state index in [4.69, 9.17) is 4.74 Å². The summed E-state index contributed by atoms with van der Waals surface area (Å²) in [4.78, 5) is 4.03. The third kappa shape index (κ3) is 3.26. The van der Waals surface area contributed by atoms with Gasteiger partial charge in [-0.1, -0.05) is 0 Å². The number of hydrogen-bond donors (Lipinski definition) is 0. The minimum Gasteiger partial charge on any atom is -0.379 e. The van der Waals surface area contributed by atoms with Gasteiger partial charge in [-0.3, -0.25) is 4.98 Å². The fourth-order valence-electron chi connectivity index (χ4n) is 3.00. The molecule has 0 N–H and O–H groups in total. The van der Waals surface area contributed by atoms with Crippen molar-refractivity contribution in [3.8, 4) is 0 Å². The van der Waals surface area contributed by atoms with Crippen molar-refractivity contribution in [1.29, 1.82) is 0 Å². The molecular formula is C14H21N3O3S. The van der Waals surface area contributed by atoms with Crippen LogP contribution in [0.5, 0.6) is 0 Å². The molecule has 6 nitrogen and oxygen atoms in total. The Morgan fingerprint density at radius 1 is 1.10 bits per heavy atom. The van der Waals surface area contributed by atoms with Crippen LogP contribution in [0.25, 0.3) is 0 Å². The minimum absolute atomic E-state index is 0.262. The Labute approximate surface area is 125 Å². The van der Waals surface area contributed by atoms with Crippen LogP contribution < -0.4 is 0 Å². The van der Waals surface area contributed by atoms with Gasteiger partial charge in [0.25, 0.3) is 10.2 Å². The molecule has 0 bridgehead atoms. The lowest BCUT2D eigenvalue weighted by Gasteiger charge is -2.36. The summed E-state index contributed by atoms with van der Waals surface area (Å²) in [6, 6.07) is 3.96. The molecule has 7 heteroatoms. The van der Waals surface area contributed by atoms with E-state index in [0.29, 0.717) is 39.4 Å². The maximum Gasteiger partial charge on any atom is 0.282 e. The van der Waals surface area contributed by atoms with Gasteiger partial charge in [0, 0.05) is 38.6 Å². The monoisotopic (exact) mass is 311 g/mol. The van der Waals surface area contributed by atoms with Crippen LogP contribution in [0.15, 0.2) is 24.5 Å². The summed E-state index contributed by atoms with van der Waals surface area (Å²) >= 11 is 0. The van der Waals surface area contributed by atoms with Crippen LogP contribution in [-0.2, 0) is 14.9 Å². The molecule has 2 aliphatic heterocycles. The van der Waals surface area contributed by atoms with Crippen molar-refractivity contribution in [2.75, 3.05) is 39.4 Å². The third-order valence-electron chi connectivity index (χ3n) is 4.18. The van der Waals surface area contributed by atoms with E-state index in [2.05, 4.69) is 4.98 Å². The fraction of sp³-hybridized carbons (Fsp3) is 0.643. The molecular weight excluding hydrogens is 290 g/mol. The Kier molecular flexibility index (Phi) is 4.54. The summed E-state index contributed by atoms with van der Waals surface area (Å²) in [5.74, 6) is 0.262. The van der Waals surface area contributed by atoms with Gasteiger partial charge in [-0.15, -0.1) is 0 Å². The molecule has 0 aliphatic carbocycles. The second-order valence-electron chi connectivity index (χ2n) is 5.50. The van der Waals surface area contributed by atoms with Crippen molar-refractivity contribution in [2.45, 2.75) is 18.8 Å². The summed E-state index contributed by atoms with van der Waals surface area (Å²) in [6.07, 6.45) is 5.46. The van der Waals surface area contributed by atoms with Crippen LogP contribution in [0.1, 0.15) is 24.3 Å². The minimum atomic E-state index is -3.35. The van der Waals surface area contributed by atoms with Gasteiger partial charge in [-0.2, -0.15) is 17.0 Å². The fourth-order valence-corrected chi connectivity index (χ4v) is 4.67. The first-order valence-electron chi connectivity index (χ1n) is 7.41. The van der Waals surface area contributed by atoms with E-state index in [-0.39, 0.29) is 5.92 Å². The molecule has 0 radical (unpaired) electrons. The Morgan fingerprint density at radius 2 is 1.81 bits per heavy atom. The van der Waals surface area contributed by atoms with Crippen LogP contribution >= 0.6 is 0 Å². The Hall–Kier alpha value is -1.02. The average Bonchev–Trinajstić information content (AvgIpc) is 2.57. The standard InChI is InChI=1S/C14H21N3O3S/c18-21(19,16-8-10-20-11-9-16)17-7-1-2-14(12-17)13-3-5-15-6-4-13/h3-6,14H,1-2,7-12H2. The van der Waals surface area contributed by atoms with E-state index in [0.717, 1.165) is 12.8 Å². The molecule has 0 aromatic carbocycles. The molecule has 2 fully saturated rings. The van der Waals surface area contributed by atoms with Crippen LogP contribution in [0, 0.1) is 0 Å². The predicted molar refractivity (Wildman–Crippen MR) is 79.1 cm³/mol. The highest BCUT2D eigenvalue weighted by atomic mass is 32.2. The second-order valence-corrected chi connectivity index (χ2v) is 7.43. The molecule has 0 spiro atoms. The van der Waals surface area contributed by atoms with Crippen molar-refractivity contribution in [3.63, 3.8) is 0 Å². The average molecular weight is 311 g/mol. The number of piperidine rings is 1. The van der Waals surface area contributed by atoms with Crippen molar-refractivity contribution in [3.05, 3.63) is 30.1 Å². The first kappa shape index (κ1) is 14.9. The SMILES string of the molecule is O=S(=O)(N1CCOCC1)N1CCCC(c2ccncc2)C1. The van der Waals surface area contributed by atoms with Crippen molar-refractivity contribution < 1.29 is 13.2 Å². The molecule has 3 rings (SSSR count). The molecule has 2 aliphatic rings. The summed E-state index contributed by atoms with van der Waals surface area (Å²) in [6.45, 7) is 3.06. The van der Waals surface area contributed by atoms with Crippen molar-refractivity contribution in [2.24, 2.45) is 0 Å². The number of ether oxygens (including phenoxy) is 1. The molecule has 116 valence electrons. The zero-order valence-electron chi connectivity index (χ0n) is 12.0. The van der Waals surface area contributed by atoms with Crippen molar-refractivity contribution in [1.82, 2.24) is 13.6 Å². The lowest BCUT2D eigenvalue weighted by Crippen LogP contribution is -2.51. The van der Waals surface area contributed by atoms with Gasteiger partial charge in [0.15, 0.2) is 0 Å². The zero-order chi connectivity index (χ0) is 14.7. The number of hydrogen-bond acceptors (Lipinski definition) is 4. The number of rotatable bonds is 3. The van der Waals surface area contributed by atoms with E-state index in [1.807, 2.05) is 12.1 Å². The number of aromatic nitrogens is 1. The van der Waals surface area contributed by atoms with Crippen molar-refractivity contribution >= 4 is 10.2 Å². The van der Waals surface area contributed by atoms with Gasteiger partial charge in [-0.05, 0) is 36.5 Å². The maximum atomic E-state index is 12.7. The predicted octanol–water partition coefficient (Wildman–Crippen LogP) is 0.838. The van der Waals surface area contributed by atoms with Crippen LogP contribution in [0.3, 0.4) is 0 Å². The summed E-state index contributed by atoms with van der Waals surface area (Å²) in [5.41, 5.74) is 1.17. The molecule has 1 aromatic rings. The zero-order valence-corrected chi connectivity index (χ0v) is 12.8. The first-order chi connectivity index (χ1) is 10.2. The van der Waals surface area contributed by atoms with Crippen LogP contribution in [0.4, 0.5) is 0 Å². The molecule has 3 heterocycles. The lowest BCUT2D eigenvalue weighted by atomic mass is 9.92. The number of morpholine rings is 1. The largest absolute Gasteiger partial charge is 0.379 e. The highest BCUT2D eigenvalue weighted by Crippen LogP contribution is 2.28. The smallest absolute Gasteiger partial charge is 0.282 e. The molecule has 0 amide bonds. The lowest BCUT2D eigenvalue weighted by molar-refractivity contribution is 0.0695. The topological polar surface area (TPSA) is 62.7 Å². The molecule has 21 heavy (non-hydrogen) atoms. The van der Waals surface area contributed by atoms with Gasteiger partial charge >= 0.3 is 0 Å². The molecule has 2 saturated heterocycles. The van der Waals surface area contributed by atoms with Crippen LogP contribution in [-0.4, -0.2) is 61.4 Å².